The summed E-state index contributed by atoms with van der Waals surface area (Å²) in [4.78, 5) is 8.59. The first-order chi connectivity index (χ1) is 12.7. The van der Waals surface area contributed by atoms with Gasteiger partial charge in [0.15, 0.2) is 0 Å². The number of nitrogens with one attached hydrogen (secondary N) is 1. The van der Waals surface area contributed by atoms with Crippen molar-refractivity contribution in [2.75, 3.05) is 12.4 Å². The van der Waals surface area contributed by atoms with Gasteiger partial charge in [-0.2, -0.15) is 19.7 Å². The molecule has 3 aromatic heterocycles. The van der Waals surface area contributed by atoms with Crippen LogP contribution in [-0.2, 0) is 24.9 Å². The number of benzene rings is 1. The number of nitrogens with zero attached hydrogens (tertiary/aromatic N) is 6. The molecule has 0 radical (unpaired) electrons. The van der Waals surface area contributed by atoms with Gasteiger partial charge < -0.3 is 10.1 Å². The van der Waals surface area contributed by atoms with Crippen molar-refractivity contribution in [1.29, 1.82) is 0 Å². The van der Waals surface area contributed by atoms with Gasteiger partial charge in [-0.15, -0.1) is 0 Å². The van der Waals surface area contributed by atoms with E-state index in [0.29, 0.717) is 18.9 Å². The maximum absolute atomic E-state index is 5.19. The molecule has 4 aromatic rings. The highest BCUT2D eigenvalue weighted by Crippen LogP contribution is 2.22. The van der Waals surface area contributed by atoms with Crippen LogP contribution in [0, 0.1) is 0 Å². The number of rotatable bonds is 6. The summed E-state index contributed by atoms with van der Waals surface area (Å²) in [6, 6.07) is 12.1. The fourth-order valence-corrected chi connectivity index (χ4v) is 2.90. The lowest BCUT2D eigenvalue weighted by Crippen LogP contribution is -2.08. The molecule has 1 aromatic carbocycles. The quantitative estimate of drug-likeness (QED) is 0.575. The summed E-state index contributed by atoms with van der Waals surface area (Å²) in [6.45, 7) is 1.02. The van der Waals surface area contributed by atoms with Crippen LogP contribution in [0.3, 0.4) is 0 Å². The van der Waals surface area contributed by atoms with E-state index in [9.17, 15) is 0 Å². The maximum Gasteiger partial charge on any atom is 0.254 e. The molecule has 26 heavy (non-hydrogen) atoms. The minimum absolute atomic E-state index is 0.417. The fraction of sp³-hybridized carbons (Fsp3) is 0.222. The molecule has 0 fully saturated rings. The van der Waals surface area contributed by atoms with E-state index in [0.717, 1.165) is 28.3 Å². The second kappa shape index (κ2) is 6.93. The molecule has 0 bridgehead atoms. The van der Waals surface area contributed by atoms with Gasteiger partial charge in [-0.25, -0.2) is 4.98 Å². The van der Waals surface area contributed by atoms with E-state index in [2.05, 4.69) is 37.6 Å². The number of hydrogen-bond donors (Lipinski definition) is 1. The topological polar surface area (TPSA) is 82.2 Å². The number of aryl methyl sites for hydroxylation is 1. The van der Waals surface area contributed by atoms with Crippen LogP contribution < -0.4 is 5.32 Å². The van der Waals surface area contributed by atoms with E-state index < -0.39 is 0 Å². The van der Waals surface area contributed by atoms with Crippen LogP contribution in [0.25, 0.3) is 17.0 Å². The van der Waals surface area contributed by atoms with Crippen LogP contribution in [0.1, 0.15) is 11.3 Å². The first kappa shape index (κ1) is 16.2. The SMILES string of the molecule is COCc1cc(NCc2cn(C)nc2-c2ccccc2)n2ncnc2n1. The third kappa shape index (κ3) is 3.14. The van der Waals surface area contributed by atoms with Gasteiger partial charge >= 0.3 is 0 Å². The molecule has 0 atom stereocenters. The highest BCUT2D eigenvalue weighted by molar-refractivity contribution is 5.63. The van der Waals surface area contributed by atoms with Crippen molar-refractivity contribution in [2.45, 2.75) is 13.2 Å². The van der Waals surface area contributed by atoms with Crippen LogP contribution in [0.2, 0.25) is 0 Å². The summed E-state index contributed by atoms with van der Waals surface area (Å²) in [5.41, 5.74) is 3.94. The highest BCUT2D eigenvalue weighted by Gasteiger charge is 2.12. The van der Waals surface area contributed by atoms with E-state index in [-0.39, 0.29) is 0 Å². The van der Waals surface area contributed by atoms with E-state index in [1.807, 2.05) is 42.2 Å². The molecular formula is C18H19N7O. The summed E-state index contributed by atoms with van der Waals surface area (Å²) in [5.74, 6) is 1.35. The average molecular weight is 349 g/mol. The predicted octanol–water partition coefficient (Wildman–Crippen LogP) is 2.28. The number of methoxy groups -OCH3 is 1. The number of hydrogen-bond acceptors (Lipinski definition) is 6. The molecule has 4 rings (SSSR count). The second-order valence-electron chi connectivity index (χ2n) is 5.93. The van der Waals surface area contributed by atoms with Crippen LogP contribution in [0.15, 0.2) is 48.9 Å². The van der Waals surface area contributed by atoms with Crippen LogP contribution in [0.5, 0.6) is 0 Å². The molecule has 0 aliphatic heterocycles. The van der Waals surface area contributed by atoms with Crippen molar-refractivity contribution in [3.63, 3.8) is 0 Å². The largest absolute Gasteiger partial charge is 0.378 e. The van der Waals surface area contributed by atoms with Gasteiger partial charge in [-0.05, 0) is 0 Å². The standard InChI is InChI=1S/C18H19N7O/c1-24-10-14(17(23-24)13-6-4-3-5-7-13)9-19-16-8-15(11-26-2)22-18-20-12-21-25(16)18/h3-8,10,12,19H,9,11H2,1-2H3. The Morgan fingerprint density at radius 3 is 2.85 bits per heavy atom. The second-order valence-corrected chi connectivity index (χ2v) is 5.93. The Hall–Kier alpha value is -3.26. The molecular weight excluding hydrogens is 330 g/mol. The zero-order valence-corrected chi connectivity index (χ0v) is 14.6. The summed E-state index contributed by atoms with van der Waals surface area (Å²) in [6.07, 6.45) is 3.51. The summed E-state index contributed by atoms with van der Waals surface area (Å²) in [7, 11) is 3.57. The normalized spacial score (nSPS) is 11.2. The molecule has 0 spiro atoms. The van der Waals surface area contributed by atoms with E-state index in [4.69, 9.17) is 4.74 Å². The minimum Gasteiger partial charge on any atom is -0.378 e. The van der Waals surface area contributed by atoms with Crippen LogP contribution in [0.4, 0.5) is 5.82 Å². The lowest BCUT2D eigenvalue weighted by molar-refractivity contribution is 0.181. The summed E-state index contributed by atoms with van der Waals surface area (Å²) < 4.78 is 8.70. The minimum atomic E-state index is 0.417. The molecule has 3 heterocycles. The first-order valence-corrected chi connectivity index (χ1v) is 8.25. The predicted molar refractivity (Wildman–Crippen MR) is 97.5 cm³/mol. The molecule has 0 aliphatic carbocycles. The molecule has 0 aliphatic rings. The number of anilines is 1. The van der Waals surface area contributed by atoms with Gasteiger partial charge in [0.1, 0.15) is 12.1 Å². The molecule has 0 saturated heterocycles. The maximum atomic E-state index is 5.19. The van der Waals surface area contributed by atoms with Gasteiger partial charge in [-0.1, -0.05) is 30.3 Å². The van der Waals surface area contributed by atoms with Gasteiger partial charge in [0, 0.05) is 44.1 Å². The van der Waals surface area contributed by atoms with Crippen molar-refractivity contribution in [3.05, 3.63) is 60.2 Å². The van der Waals surface area contributed by atoms with Gasteiger partial charge in [-0.3, -0.25) is 4.68 Å². The van der Waals surface area contributed by atoms with Gasteiger partial charge in [0.25, 0.3) is 5.78 Å². The zero-order valence-electron chi connectivity index (χ0n) is 14.6. The Bertz CT molecular complexity index is 1020. The number of aromatic nitrogens is 6. The third-order valence-electron chi connectivity index (χ3n) is 4.01. The first-order valence-electron chi connectivity index (χ1n) is 8.25. The number of ether oxygens (including phenoxy) is 1. The van der Waals surface area contributed by atoms with Crippen molar-refractivity contribution in [3.8, 4) is 11.3 Å². The lowest BCUT2D eigenvalue weighted by Gasteiger charge is -2.10. The molecule has 0 unspecified atom stereocenters. The average Bonchev–Trinajstić information content (AvgIpc) is 3.27. The van der Waals surface area contributed by atoms with E-state index in [1.54, 1.807) is 11.6 Å². The highest BCUT2D eigenvalue weighted by atomic mass is 16.5. The van der Waals surface area contributed by atoms with Crippen molar-refractivity contribution in [2.24, 2.45) is 7.05 Å². The summed E-state index contributed by atoms with van der Waals surface area (Å²) in [5, 5.41) is 12.3. The number of fused-ring (bicyclic) bond motifs is 1. The van der Waals surface area contributed by atoms with Crippen molar-refractivity contribution in [1.82, 2.24) is 29.4 Å². The van der Waals surface area contributed by atoms with Crippen molar-refractivity contribution >= 4 is 11.6 Å². The summed E-state index contributed by atoms with van der Waals surface area (Å²) >= 11 is 0. The van der Waals surface area contributed by atoms with E-state index in [1.165, 1.54) is 6.33 Å². The molecule has 1 N–H and O–H groups in total. The molecule has 0 amide bonds. The molecule has 0 saturated carbocycles. The third-order valence-corrected chi connectivity index (χ3v) is 4.01. The fourth-order valence-electron chi connectivity index (χ4n) is 2.90. The molecule has 8 nitrogen and oxygen atoms in total. The van der Waals surface area contributed by atoms with Gasteiger partial charge in [0.05, 0.1) is 18.0 Å². The van der Waals surface area contributed by atoms with Crippen LogP contribution >= 0.6 is 0 Å². The molecule has 132 valence electrons. The Morgan fingerprint density at radius 1 is 1.19 bits per heavy atom. The Morgan fingerprint density at radius 2 is 2.04 bits per heavy atom. The van der Waals surface area contributed by atoms with Gasteiger partial charge in [0.2, 0.25) is 0 Å². The monoisotopic (exact) mass is 349 g/mol. The Labute approximate surface area is 150 Å². The lowest BCUT2D eigenvalue weighted by atomic mass is 10.1. The van der Waals surface area contributed by atoms with Crippen molar-refractivity contribution < 1.29 is 4.74 Å². The van der Waals surface area contributed by atoms with E-state index >= 15 is 0 Å². The van der Waals surface area contributed by atoms with Crippen LogP contribution in [-0.4, -0.2) is 36.5 Å². The zero-order chi connectivity index (χ0) is 17.9. The Balaban J connectivity index is 1.64. The smallest absolute Gasteiger partial charge is 0.254 e. The Kier molecular flexibility index (Phi) is 4.32. The molecule has 8 heteroatoms.